The lowest BCUT2D eigenvalue weighted by Gasteiger charge is -2.31. The highest BCUT2D eigenvalue weighted by Gasteiger charge is 2.32. The number of nitrogens with one attached hydrogen (secondary N) is 1. The molecule has 1 aliphatic heterocycles. The van der Waals surface area contributed by atoms with Crippen LogP contribution in [0, 0.1) is 5.92 Å². The molecule has 0 radical (unpaired) electrons. The molecule has 2 amide bonds. The average molecular weight is 364 g/mol. The summed E-state index contributed by atoms with van der Waals surface area (Å²) in [7, 11) is 0. The average Bonchev–Trinajstić information content (AvgIpc) is 3.43. The quantitative estimate of drug-likeness (QED) is 0.823. The number of nitrogens with zero attached hydrogens (tertiary/aromatic N) is 2. The zero-order valence-corrected chi connectivity index (χ0v) is 16.1. The van der Waals surface area contributed by atoms with Crippen LogP contribution in [-0.2, 0) is 0 Å². The first-order valence-corrected chi connectivity index (χ1v) is 10.1. The van der Waals surface area contributed by atoms with E-state index in [0.717, 1.165) is 26.1 Å². The molecule has 1 saturated heterocycles. The van der Waals surface area contributed by atoms with E-state index in [1.807, 2.05) is 29.2 Å². The first kappa shape index (κ1) is 17.9. The van der Waals surface area contributed by atoms with Crippen LogP contribution in [0.2, 0.25) is 0 Å². The molecule has 27 heavy (non-hydrogen) atoms. The van der Waals surface area contributed by atoms with Gasteiger partial charge in [-0.1, -0.05) is 48.5 Å². The van der Waals surface area contributed by atoms with Crippen LogP contribution >= 0.6 is 0 Å². The second kappa shape index (κ2) is 8.03. The van der Waals surface area contributed by atoms with E-state index >= 15 is 0 Å². The fraction of sp³-hybridized carbons (Fsp3) is 0.435. The van der Waals surface area contributed by atoms with Gasteiger partial charge in [-0.2, -0.15) is 0 Å². The Hall–Kier alpha value is -2.49. The van der Waals surface area contributed by atoms with Gasteiger partial charge in [0.15, 0.2) is 0 Å². The van der Waals surface area contributed by atoms with E-state index in [2.05, 4.69) is 53.5 Å². The first-order chi connectivity index (χ1) is 13.2. The number of rotatable bonds is 6. The number of hydrogen-bond acceptors (Lipinski definition) is 2. The highest BCUT2D eigenvalue weighted by Crippen LogP contribution is 2.33. The number of carbonyl (C=O) groups excluding carboxylic acids is 1. The molecular formula is C23H29N3O. The maximum atomic E-state index is 13.1. The minimum absolute atomic E-state index is 0.0816. The third-order valence-corrected chi connectivity index (χ3v) is 5.80. The minimum Gasteiger partial charge on any atom is -0.369 e. The summed E-state index contributed by atoms with van der Waals surface area (Å²) in [6, 6.07) is 21.2. The highest BCUT2D eigenvalue weighted by atomic mass is 16.2. The van der Waals surface area contributed by atoms with E-state index in [-0.39, 0.29) is 18.1 Å². The Morgan fingerprint density at radius 3 is 2.41 bits per heavy atom. The van der Waals surface area contributed by atoms with Gasteiger partial charge in [0.25, 0.3) is 0 Å². The maximum Gasteiger partial charge on any atom is 0.318 e. The van der Waals surface area contributed by atoms with Crippen molar-refractivity contribution >= 4 is 11.7 Å². The molecule has 2 fully saturated rings. The highest BCUT2D eigenvalue weighted by molar-refractivity contribution is 5.75. The fourth-order valence-electron chi connectivity index (χ4n) is 3.92. The molecule has 1 saturated carbocycles. The van der Waals surface area contributed by atoms with Crippen molar-refractivity contribution < 1.29 is 4.79 Å². The first-order valence-electron chi connectivity index (χ1n) is 10.1. The number of carbonyl (C=O) groups is 1. The second-order valence-corrected chi connectivity index (χ2v) is 7.90. The molecule has 1 N–H and O–H groups in total. The van der Waals surface area contributed by atoms with Gasteiger partial charge in [0, 0.05) is 31.4 Å². The summed E-state index contributed by atoms with van der Waals surface area (Å²) < 4.78 is 0. The number of benzene rings is 2. The lowest BCUT2D eigenvalue weighted by molar-refractivity contribution is 0.172. The van der Waals surface area contributed by atoms with Crippen molar-refractivity contribution in [1.82, 2.24) is 10.2 Å². The van der Waals surface area contributed by atoms with Gasteiger partial charge in [0.1, 0.15) is 0 Å². The van der Waals surface area contributed by atoms with E-state index in [9.17, 15) is 4.79 Å². The summed E-state index contributed by atoms with van der Waals surface area (Å²) in [6.07, 6.45) is 3.49. The third kappa shape index (κ3) is 4.44. The molecule has 4 heteroatoms. The van der Waals surface area contributed by atoms with Crippen molar-refractivity contribution in [2.24, 2.45) is 5.92 Å². The molecule has 1 aliphatic carbocycles. The minimum atomic E-state index is 0.0816. The summed E-state index contributed by atoms with van der Waals surface area (Å²) in [5, 5.41) is 3.31. The Balaban J connectivity index is 1.40. The molecule has 4 nitrogen and oxygen atoms in total. The second-order valence-electron chi connectivity index (χ2n) is 7.90. The van der Waals surface area contributed by atoms with E-state index in [4.69, 9.17) is 0 Å². The van der Waals surface area contributed by atoms with Gasteiger partial charge in [-0.3, -0.25) is 0 Å². The summed E-state index contributed by atoms with van der Waals surface area (Å²) in [5.41, 5.74) is 2.44. The summed E-state index contributed by atoms with van der Waals surface area (Å²) in [4.78, 5) is 17.5. The van der Waals surface area contributed by atoms with Crippen molar-refractivity contribution in [3.05, 3.63) is 66.2 Å². The number of para-hydroxylation sites is 1. The Morgan fingerprint density at radius 2 is 1.74 bits per heavy atom. The Kier molecular flexibility index (Phi) is 5.33. The van der Waals surface area contributed by atoms with Gasteiger partial charge in [-0.25, -0.2) is 4.79 Å². The molecule has 2 aliphatic rings. The molecular weight excluding hydrogens is 334 g/mol. The lowest BCUT2D eigenvalue weighted by atomic mass is 10.1. The molecule has 0 bridgehead atoms. The van der Waals surface area contributed by atoms with Crippen LogP contribution in [-0.4, -0.2) is 36.6 Å². The lowest BCUT2D eigenvalue weighted by Crippen LogP contribution is -2.47. The number of anilines is 1. The van der Waals surface area contributed by atoms with E-state index in [1.165, 1.54) is 24.1 Å². The van der Waals surface area contributed by atoms with Crippen LogP contribution < -0.4 is 10.2 Å². The van der Waals surface area contributed by atoms with Gasteiger partial charge in [0.05, 0.1) is 6.04 Å². The molecule has 2 atom stereocenters. The van der Waals surface area contributed by atoms with Crippen LogP contribution in [0.25, 0.3) is 0 Å². The topological polar surface area (TPSA) is 35.6 Å². The van der Waals surface area contributed by atoms with Crippen molar-refractivity contribution in [2.45, 2.75) is 38.3 Å². The third-order valence-electron chi connectivity index (χ3n) is 5.80. The predicted octanol–water partition coefficient (Wildman–Crippen LogP) is 4.45. The van der Waals surface area contributed by atoms with Crippen LogP contribution in [0.1, 0.15) is 37.8 Å². The molecule has 2 aromatic carbocycles. The number of urea groups is 1. The summed E-state index contributed by atoms with van der Waals surface area (Å²) in [5.74, 6) is 0.673. The van der Waals surface area contributed by atoms with Crippen molar-refractivity contribution in [3.63, 3.8) is 0 Å². The van der Waals surface area contributed by atoms with Crippen molar-refractivity contribution in [1.29, 1.82) is 0 Å². The van der Waals surface area contributed by atoms with E-state index in [0.29, 0.717) is 5.92 Å². The van der Waals surface area contributed by atoms with Crippen molar-refractivity contribution in [2.75, 3.05) is 24.5 Å². The number of hydrogen-bond donors (Lipinski definition) is 1. The smallest absolute Gasteiger partial charge is 0.318 e. The van der Waals surface area contributed by atoms with Gasteiger partial charge >= 0.3 is 6.03 Å². The molecule has 1 heterocycles. The van der Waals surface area contributed by atoms with Crippen LogP contribution in [0.15, 0.2) is 60.7 Å². The molecule has 142 valence electrons. The van der Waals surface area contributed by atoms with Crippen molar-refractivity contribution in [3.8, 4) is 0 Å². The molecule has 2 aromatic rings. The fourth-order valence-corrected chi connectivity index (χ4v) is 3.92. The standard InChI is InChI=1S/C23H29N3O/c1-18(20-8-4-2-5-9-20)26(16-19-12-13-19)23(27)24-21-14-15-25(17-21)22-10-6-3-7-11-22/h2-11,18-19,21H,12-17H2,1H3,(H,24,27). The monoisotopic (exact) mass is 363 g/mol. The molecule has 0 spiro atoms. The van der Waals surface area contributed by atoms with Gasteiger partial charge in [-0.15, -0.1) is 0 Å². The van der Waals surface area contributed by atoms with E-state index in [1.54, 1.807) is 0 Å². The van der Waals surface area contributed by atoms with Crippen LogP contribution in [0.5, 0.6) is 0 Å². The summed E-state index contributed by atoms with van der Waals surface area (Å²) >= 11 is 0. The Labute approximate surface area is 162 Å². The molecule has 2 unspecified atom stereocenters. The SMILES string of the molecule is CC(c1ccccc1)N(CC1CC1)C(=O)NC1CCN(c2ccccc2)C1. The summed E-state index contributed by atoms with van der Waals surface area (Å²) in [6.45, 7) is 4.87. The zero-order chi connectivity index (χ0) is 18.6. The Bertz CT molecular complexity index is 745. The van der Waals surface area contributed by atoms with Crippen LogP contribution in [0.4, 0.5) is 10.5 Å². The maximum absolute atomic E-state index is 13.1. The number of amides is 2. The molecule has 0 aromatic heterocycles. The largest absolute Gasteiger partial charge is 0.369 e. The zero-order valence-electron chi connectivity index (χ0n) is 16.1. The normalized spacial score (nSPS) is 20.3. The van der Waals surface area contributed by atoms with E-state index < -0.39 is 0 Å². The van der Waals surface area contributed by atoms with Gasteiger partial charge in [0.2, 0.25) is 0 Å². The Morgan fingerprint density at radius 1 is 1.07 bits per heavy atom. The van der Waals surface area contributed by atoms with Gasteiger partial charge < -0.3 is 15.1 Å². The molecule has 4 rings (SSSR count). The van der Waals surface area contributed by atoms with Gasteiger partial charge in [-0.05, 0) is 49.8 Å². The predicted molar refractivity (Wildman–Crippen MR) is 110 cm³/mol. The van der Waals surface area contributed by atoms with Crippen LogP contribution in [0.3, 0.4) is 0 Å².